The summed E-state index contributed by atoms with van der Waals surface area (Å²) in [6.07, 6.45) is 13.2. The van der Waals surface area contributed by atoms with Crippen LogP contribution < -0.4 is 16.8 Å². The number of anilines is 3. The van der Waals surface area contributed by atoms with Crippen LogP contribution >= 0.6 is 11.6 Å². The smallest absolute Gasteiger partial charge is 0.163 e. The van der Waals surface area contributed by atoms with Crippen molar-refractivity contribution in [1.82, 2.24) is 39.0 Å². The molecule has 8 atom stereocenters. The lowest BCUT2D eigenvalue weighted by molar-refractivity contribution is -0.160. The molecule has 0 spiro atoms. The zero-order valence-electron chi connectivity index (χ0n) is 40.2. The molecular formula is C55H68ClN11O4. The predicted molar refractivity (Wildman–Crippen MR) is 283 cm³/mol. The number of benzene rings is 2. The number of nitrogens with one attached hydrogen (secondary N) is 1. The van der Waals surface area contributed by atoms with Gasteiger partial charge in [0.25, 0.3) is 0 Å². The van der Waals surface area contributed by atoms with E-state index in [-0.39, 0.29) is 51.4 Å². The van der Waals surface area contributed by atoms with Crippen molar-refractivity contribution in [1.29, 1.82) is 0 Å². The highest BCUT2D eigenvalue weighted by molar-refractivity contribution is 6.33. The third kappa shape index (κ3) is 9.38. The second kappa shape index (κ2) is 19.2. The van der Waals surface area contributed by atoms with Crippen LogP contribution in [0.3, 0.4) is 0 Å². The van der Waals surface area contributed by atoms with E-state index in [1.54, 1.807) is 6.33 Å². The lowest BCUT2D eigenvalue weighted by Crippen LogP contribution is -2.27. The van der Waals surface area contributed by atoms with Crippen molar-refractivity contribution >= 4 is 72.9 Å². The second-order valence-electron chi connectivity index (χ2n) is 20.3. The minimum Gasteiger partial charge on any atom is -0.383 e. The van der Waals surface area contributed by atoms with E-state index in [0.717, 1.165) is 99.3 Å². The number of pyridine rings is 2. The molecule has 2 aliphatic heterocycles. The fourth-order valence-electron chi connectivity index (χ4n) is 11.6. The van der Waals surface area contributed by atoms with E-state index in [1.165, 1.54) is 17.5 Å². The van der Waals surface area contributed by atoms with Crippen molar-refractivity contribution in [3.63, 3.8) is 0 Å². The minimum atomic E-state index is -0.607. The van der Waals surface area contributed by atoms with Gasteiger partial charge in [-0.05, 0) is 151 Å². The Balaban J connectivity index is 0.000000171. The topological polar surface area (TPSA) is 188 Å². The van der Waals surface area contributed by atoms with Gasteiger partial charge >= 0.3 is 0 Å². The van der Waals surface area contributed by atoms with Gasteiger partial charge in [0.2, 0.25) is 0 Å². The Morgan fingerprint density at radius 3 is 1.56 bits per heavy atom. The number of rotatable bonds is 9. The van der Waals surface area contributed by atoms with Crippen LogP contribution in [0, 0.1) is 25.7 Å². The number of halogens is 1. The van der Waals surface area contributed by atoms with Gasteiger partial charge < -0.3 is 44.9 Å². The minimum absolute atomic E-state index is 0. The van der Waals surface area contributed by atoms with Gasteiger partial charge in [-0.2, -0.15) is 0 Å². The van der Waals surface area contributed by atoms with Gasteiger partial charge in [-0.25, -0.2) is 29.9 Å². The summed E-state index contributed by atoms with van der Waals surface area (Å²) in [6.45, 7) is 12.0. The fourth-order valence-corrected chi connectivity index (χ4v) is 11.7. The highest BCUT2D eigenvalue weighted by atomic mass is 35.5. The maximum atomic E-state index is 6.45. The number of nitrogens with two attached hydrogens (primary N) is 2. The number of aryl methyl sites for hydroxylation is 4. The Labute approximate surface area is 421 Å². The van der Waals surface area contributed by atoms with E-state index >= 15 is 0 Å². The molecule has 4 aliphatic rings. The first-order valence-corrected chi connectivity index (χ1v) is 24.5. The molecular weight excluding hydrogens is 914 g/mol. The summed E-state index contributed by atoms with van der Waals surface area (Å²) in [5.74, 6) is 1.56. The molecule has 2 aromatic carbocycles. The molecule has 2 aliphatic carbocycles. The second-order valence-corrected chi connectivity index (χ2v) is 20.7. The zero-order chi connectivity index (χ0) is 47.9. The van der Waals surface area contributed by atoms with Crippen molar-refractivity contribution in [2.45, 2.75) is 143 Å². The molecule has 2 saturated heterocycles. The highest BCUT2D eigenvalue weighted by Gasteiger charge is 2.55. The van der Waals surface area contributed by atoms with Crippen LogP contribution in [0.25, 0.3) is 43.9 Å². The largest absolute Gasteiger partial charge is 0.383 e. The maximum Gasteiger partial charge on any atom is 0.163 e. The van der Waals surface area contributed by atoms with E-state index in [0.29, 0.717) is 28.6 Å². The van der Waals surface area contributed by atoms with Crippen molar-refractivity contribution in [3.05, 3.63) is 113 Å². The summed E-state index contributed by atoms with van der Waals surface area (Å²) in [5, 5.41) is 7.76. The Hall–Kier alpha value is -5.97. The molecule has 6 aromatic heterocycles. The monoisotopic (exact) mass is 982 g/mol. The molecule has 71 heavy (non-hydrogen) atoms. The summed E-state index contributed by atoms with van der Waals surface area (Å²) in [7, 11) is 1.88. The summed E-state index contributed by atoms with van der Waals surface area (Å²) in [5.41, 5.74) is 20.3. The van der Waals surface area contributed by atoms with Gasteiger partial charge in [-0.3, -0.25) is 0 Å². The van der Waals surface area contributed by atoms with Crippen LogP contribution in [0.2, 0.25) is 5.15 Å². The average Bonchev–Trinajstić information content (AvgIpc) is 4.17. The van der Waals surface area contributed by atoms with Crippen molar-refractivity contribution in [2.75, 3.05) is 23.8 Å². The number of aromatic nitrogens is 8. The van der Waals surface area contributed by atoms with Gasteiger partial charge in [-0.15, -0.1) is 0 Å². The summed E-state index contributed by atoms with van der Waals surface area (Å²) in [6, 6.07) is 21.5. The van der Waals surface area contributed by atoms with Gasteiger partial charge in [0.05, 0.1) is 46.1 Å². The molecule has 2 saturated carbocycles. The zero-order valence-corrected chi connectivity index (χ0v) is 40.9. The van der Waals surface area contributed by atoms with Crippen molar-refractivity contribution in [3.8, 4) is 0 Å². The fraction of sp³-hybridized carbons (Fsp3) is 0.455. The highest BCUT2D eigenvalue weighted by Crippen LogP contribution is 2.51. The first-order chi connectivity index (χ1) is 33.1. The molecule has 5 N–H and O–H groups in total. The predicted octanol–water partition coefficient (Wildman–Crippen LogP) is 11.1. The Morgan fingerprint density at radius 1 is 0.620 bits per heavy atom. The van der Waals surface area contributed by atoms with E-state index in [4.69, 9.17) is 42.0 Å². The van der Waals surface area contributed by atoms with E-state index in [1.807, 2.05) is 60.9 Å². The summed E-state index contributed by atoms with van der Waals surface area (Å²) >= 11 is 6.31. The molecule has 8 aromatic rings. The average molecular weight is 983 g/mol. The number of fused-ring (bicyclic) bond motifs is 6. The number of hydrogen-bond donors (Lipinski definition) is 3. The Bertz CT molecular complexity index is 3250. The van der Waals surface area contributed by atoms with Crippen LogP contribution in [-0.2, 0) is 31.8 Å². The quantitative estimate of drug-likeness (QED) is 0.116. The van der Waals surface area contributed by atoms with Crippen LogP contribution in [0.4, 0.5) is 17.5 Å². The summed E-state index contributed by atoms with van der Waals surface area (Å²) < 4.78 is 30.2. The molecule has 4 fully saturated rings. The van der Waals surface area contributed by atoms with Crippen LogP contribution in [0.15, 0.2) is 85.7 Å². The Kier molecular flexibility index (Phi) is 13.5. The standard InChI is InChI=1S/C27H32N6O2.C26H28ClN5O2.2CH4/c1-15-11-17-7-5-16(12-20(17)32-24(15)28)6-8-18-13-21(23-22(18)34-27(2,3)35-23)33-10-9-19-25(29-4)30-14-31-26(19)33;1-14-10-16-6-4-15(11-19(16)31-24(14)28)5-7-17-12-20(22-21(17)33-26(2,3)34-22)32-9-8-18-23(27)29-13-30-25(18)32;;/h5,7,9-12,14,18,21-23H,6,8,13H2,1-4H3,(H2,28,32)(H,29,30,31);4,6,8-11,13,17,20-22H,5,7,12H2,1-3H3,(H2,28,31);2*1H4/t18-,21+,22+,23-;17-,20+,21+,22-;;/m00../s1. The molecule has 12 rings (SSSR count). The van der Waals surface area contributed by atoms with Gasteiger partial charge in [-0.1, -0.05) is 50.7 Å². The van der Waals surface area contributed by atoms with E-state index < -0.39 is 11.6 Å². The van der Waals surface area contributed by atoms with Gasteiger partial charge in [0.15, 0.2) is 11.6 Å². The lowest BCUT2D eigenvalue weighted by atomic mass is 9.95. The van der Waals surface area contributed by atoms with E-state index in [2.05, 4.69) is 105 Å². The first-order valence-electron chi connectivity index (χ1n) is 24.1. The number of nitrogen functional groups attached to an aromatic ring is 2. The summed E-state index contributed by atoms with van der Waals surface area (Å²) in [4.78, 5) is 26.8. The molecule has 0 radical (unpaired) electrons. The first kappa shape index (κ1) is 50.0. The molecule has 0 bridgehead atoms. The van der Waals surface area contributed by atoms with Crippen LogP contribution in [0.5, 0.6) is 0 Å². The van der Waals surface area contributed by atoms with Crippen LogP contribution in [-0.4, -0.2) is 82.1 Å². The molecule has 15 nitrogen and oxygen atoms in total. The SMILES string of the molecule is C.C.CNc1ncnc2c1ccn2[C@@H]1C[C@H](CCc2ccc3cc(C)c(N)nc3c2)[C@H]2OC(C)(C)O[C@H]21.Cc1cc2ccc(CC[C@H]3C[C@@H](n4ccc5c(Cl)ncnc54)[C@@H]4OC(C)(C)O[C@H]34)cc2nc1N. The number of hydrogen-bond acceptors (Lipinski definition) is 13. The Morgan fingerprint density at radius 2 is 1.07 bits per heavy atom. The number of ether oxygens (including phenoxy) is 4. The maximum absolute atomic E-state index is 6.45. The lowest BCUT2D eigenvalue weighted by Gasteiger charge is -2.24. The van der Waals surface area contributed by atoms with Crippen LogP contribution in [0.1, 0.15) is 103 Å². The van der Waals surface area contributed by atoms with Crippen molar-refractivity contribution < 1.29 is 18.9 Å². The third-order valence-corrected chi connectivity index (χ3v) is 15.2. The molecule has 16 heteroatoms. The third-order valence-electron chi connectivity index (χ3n) is 14.9. The normalized spacial score (nSPS) is 24.9. The van der Waals surface area contributed by atoms with E-state index in [9.17, 15) is 0 Å². The molecule has 374 valence electrons. The molecule has 8 heterocycles. The molecule has 0 amide bonds. The number of nitrogens with zero attached hydrogens (tertiary/aromatic N) is 8. The van der Waals surface area contributed by atoms with Gasteiger partial charge in [0.1, 0.15) is 58.8 Å². The van der Waals surface area contributed by atoms with Crippen molar-refractivity contribution in [2.24, 2.45) is 11.8 Å². The molecule has 0 unspecified atom stereocenters. The van der Waals surface area contributed by atoms with Gasteiger partial charge in [0, 0.05) is 30.2 Å².